The van der Waals surface area contributed by atoms with Gasteiger partial charge >= 0.3 is 6.18 Å². The third kappa shape index (κ3) is 3.20. The van der Waals surface area contributed by atoms with Gasteiger partial charge in [-0.15, -0.1) is 0 Å². The number of aromatic nitrogens is 1. The molecule has 1 aromatic rings. The lowest BCUT2D eigenvalue weighted by Gasteiger charge is -2.11. The Morgan fingerprint density at radius 2 is 2.05 bits per heavy atom. The van der Waals surface area contributed by atoms with E-state index in [1.807, 2.05) is 0 Å². The molecule has 6 nitrogen and oxygen atoms in total. The molecule has 1 amide bonds. The number of nitrogens with one attached hydrogen (secondary N) is 1. The predicted molar refractivity (Wildman–Crippen MR) is 58.6 cm³/mol. The molecule has 19 heavy (non-hydrogen) atoms. The number of pyridine rings is 1. The lowest BCUT2D eigenvalue weighted by molar-refractivity contribution is -0.138. The number of nitrogens with zero attached hydrogens (tertiary/aromatic N) is 1. The molecule has 0 spiro atoms. The topological polar surface area (TPSA) is 102 Å². The van der Waals surface area contributed by atoms with Gasteiger partial charge in [-0.1, -0.05) is 6.92 Å². The summed E-state index contributed by atoms with van der Waals surface area (Å²) in [5, 5.41) is 0. The first-order valence-corrected chi connectivity index (χ1v) is 6.59. The van der Waals surface area contributed by atoms with Crippen molar-refractivity contribution in [2.24, 2.45) is 5.84 Å². The van der Waals surface area contributed by atoms with Crippen LogP contribution < -0.4 is 11.3 Å². The number of rotatable bonds is 3. The van der Waals surface area contributed by atoms with Crippen LogP contribution in [0.15, 0.2) is 17.2 Å². The van der Waals surface area contributed by atoms with Crippen molar-refractivity contribution in [1.82, 2.24) is 10.4 Å². The first-order valence-electron chi connectivity index (χ1n) is 4.94. The molecule has 10 heteroatoms. The highest BCUT2D eigenvalue weighted by atomic mass is 32.2. The SMILES string of the molecule is CCS(=O)(=O)c1cc(C(F)(F)F)cnc1C(=O)NN. The summed E-state index contributed by atoms with van der Waals surface area (Å²) >= 11 is 0. The number of alkyl halides is 3. The van der Waals surface area contributed by atoms with Crippen molar-refractivity contribution in [1.29, 1.82) is 0 Å². The summed E-state index contributed by atoms with van der Waals surface area (Å²) in [4.78, 5) is 13.8. The highest BCUT2D eigenvalue weighted by Crippen LogP contribution is 2.31. The number of nitrogen functional groups attached to an aromatic ring is 1. The van der Waals surface area contributed by atoms with Crippen LogP contribution in [-0.4, -0.2) is 25.1 Å². The summed E-state index contributed by atoms with van der Waals surface area (Å²) in [6, 6.07) is 0.371. The molecule has 1 aromatic heterocycles. The van der Waals surface area contributed by atoms with Crippen molar-refractivity contribution < 1.29 is 26.4 Å². The van der Waals surface area contributed by atoms with E-state index < -0.39 is 43.8 Å². The van der Waals surface area contributed by atoms with Gasteiger partial charge in [0.25, 0.3) is 5.91 Å². The van der Waals surface area contributed by atoms with E-state index in [1.54, 1.807) is 5.43 Å². The fraction of sp³-hybridized carbons (Fsp3) is 0.333. The Morgan fingerprint density at radius 1 is 1.47 bits per heavy atom. The van der Waals surface area contributed by atoms with Gasteiger partial charge < -0.3 is 0 Å². The molecule has 3 N–H and O–H groups in total. The summed E-state index contributed by atoms with van der Waals surface area (Å²) in [7, 11) is -4.05. The monoisotopic (exact) mass is 297 g/mol. The molecule has 0 radical (unpaired) electrons. The normalized spacial score (nSPS) is 12.3. The highest BCUT2D eigenvalue weighted by Gasteiger charge is 2.34. The Morgan fingerprint density at radius 3 is 2.47 bits per heavy atom. The molecule has 1 rings (SSSR count). The van der Waals surface area contributed by atoms with Gasteiger partial charge in [-0.25, -0.2) is 19.2 Å². The Hall–Kier alpha value is -1.68. The van der Waals surface area contributed by atoms with E-state index in [0.29, 0.717) is 12.3 Å². The lowest BCUT2D eigenvalue weighted by atomic mass is 10.2. The van der Waals surface area contributed by atoms with Crippen LogP contribution >= 0.6 is 0 Å². The first-order chi connectivity index (χ1) is 8.63. The zero-order valence-electron chi connectivity index (χ0n) is 9.65. The number of carbonyl (C=O) groups is 1. The Balaban J connectivity index is 3.57. The molecule has 0 unspecified atom stereocenters. The van der Waals surface area contributed by atoms with Gasteiger partial charge in [0.1, 0.15) is 5.69 Å². The van der Waals surface area contributed by atoms with Crippen molar-refractivity contribution >= 4 is 15.7 Å². The number of halogens is 3. The van der Waals surface area contributed by atoms with Crippen LogP contribution in [0.2, 0.25) is 0 Å². The van der Waals surface area contributed by atoms with Crippen LogP contribution in [0.5, 0.6) is 0 Å². The smallest absolute Gasteiger partial charge is 0.289 e. The summed E-state index contributed by atoms with van der Waals surface area (Å²) in [5.74, 6) is 3.27. The molecule has 106 valence electrons. The molecule has 0 aromatic carbocycles. The lowest BCUT2D eigenvalue weighted by Crippen LogP contribution is -2.32. The van der Waals surface area contributed by atoms with Gasteiger partial charge in [0.15, 0.2) is 9.84 Å². The van der Waals surface area contributed by atoms with E-state index in [-0.39, 0.29) is 0 Å². The summed E-state index contributed by atoms with van der Waals surface area (Å²) in [5.41, 5.74) is -0.297. The van der Waals surface area contributed by atoms with Crippen molar-refractivity contribution in [3.63, 3.8) is 0 Å². The average Bonchev–Trinajstić information content (AvgIpc) is 2.36. The zero-order valence-corrected chi connectivity index (χ0v) is 10.5. The average molecular weight is 297 g/mol. The molecular weight excluding hydrogens is 287 g/mol. The molecule has 0 saturated heterocycles. The van der Waals surface area contributed by atoms with E-state index in [9.17, 15) is 26.4 Å². The number of sulfone groups is 1. The minimum absolute atomic E-state index is 0.371. The molecule has 0 aliphatic heterocycles. The quantitative estimate of drug-likeness (QED) is 0.480. The Kier molecular flexibility index (Phi) is 4.15. The van der Waals surface area contributed by atoms with Gasteiger partial charge in [0, 0.05) is 6.20 Å². The maximum Gasteiger partial charge on any atom is 0.417 e. The number of hydrogen-bond donors (Lipinski definition) is 2. The third-order valence-corrected chi connectivity index (χ3v) is 3.98. The van der Waals surface area contributed by atoms with E-state index in [4.69, 9.17) is 5.84 Å². The van der Waals surface area contributed by atoms with Crippen LogP contribution in [0.4, 0.5) is 13.2 Å². The fourth-order valence-electron chi connectivity index (χ4n) is 1.23. The molecular formula is C9H10F3N3O3S. The predicted octanol–water partition coefficient (Wildman–Crippen LogP) is 0.497. The van der Waals surface area contributed by atoms with Crippen molar-refractivity contribution in [2.45, 2.75) is 18.0 Å². The number of amides is 1. The summed E-state index contributed by atoms with van der Waals surface area (Å²) in [6.07, 6.45) is -4.39. The van der Waals surface area contributed by atoms with Crippen molar-refractivity contribution in [3.8, 4) is 0 Å². The molecule has 0 atom stereocenters. The van der Waals surface area contributed by atoms with Crippen molar-refractivity contribution in [3.05, 3.63) is 23.5 Å². The molecule has 0 fully saturated rings. The van der Waals surface area contributed by atoms with Gasteiger partial charge in [-0.05, 0) is 6.07 Å². The second-order valence-corrected chi connectivity index (χ2v) is 5.69. The van der Waals surface area contributed by atoms with Gasteiger partial charge in [-0.2, -0.15) is 13.2 Å². The minimum Gasteiger partial charge on any atom is -0.289 e. The number of carbonyl (C=O) groups excluding carboxylic acids is 1. The van der Waals surface area contributed by atoms with E-state index >= 15 is 0 Å². The molecule has 1 heterocycles. The fourth-order valence-corrected chi connectivity index (χ4v) is 2.29. The molecule has 0 aliphatic rings. The minimum atomic E-state index is -4.76. The summed E-state index contributed by atoms with van der Waals surface area (Å²) in [6.45, 7) is 1.24. The zero-order chi connectivity index (χ0) is 14.8. The molecule has 0 bridgehead atoms. The second-order valence-electron chi connectivity index (χ2n) is 3.45. The first kappa shape index (κ1) is 15.4. The van der Waals surface area contributed by atoms with Gasteiger partial charge in [0.05, 0.1) is 16.2 Å². The number of nitrogens with two attached hydrogens (primary N) is 1. The molecule has 0 saturated carbocycles. The van der Waals surface area contributed by atoms with E-state index in [0.717, 1.165) is 0 Å². The van der Waals surface area contributed by atoms with Gasteiger partial charge in [0.2, 0.25) is 0 Å². The van der Waals surface area contributed by atoms with Crippen LogP contribution in [0.3, 0.4) is 0 Å². The number of hydrazine groups is 1. The Bertz CT molecular complexity index is 598. The third-order valence-electron chi connectivity index (χ3n) is 2.24. The van der Waals surface area contributed by atoms with Crippen LogP contribution in [0, 0.1) is 0 Å². The highest BCUT2D eigenvalue weighted by molar-refractivity contribution is 7.91. The standard InChI is InChI=1S/C9H10F3N3O3S/c1-2-19(17,18)6-3-5(9(10,11)12)4-14-7(6)8(16)15-13/h3-4H,2,13H2,1H3,(H,15,16). The maximum atomic E-state index is 12.5. The summed E-state index contributed by atoms with van der Waals surface area (Å²) < 4.78 is 60.9. The second kappa shape index (κ2) is 5.13. The van der Waals surface area contributed by atoms with E-state index in [2.05, 4.69) is 4.98 Å². The van der Waals surface area contributed by atoms with E-state index in [1.165, 1.54) is 6.92 Å². The van der Waals surface area contributed by atoms with Crippen LogP contribution in [0.25, 0.3) is 0 Å². The van der Waals surface area contributed by atoms with Gasteiger partial charge in [-0.3, -0.25) is 10.2 Å². The van der Waals surface area contributed by atoms with Crippen LogP contribution in [-0.2, 0) is 16.0 Å². The van der Waals surface area contributed by atoms with Crippen molar-refractivity contribution in [2.75, 3.05) is 5.75 Å². The molecule has 0 aliphatic carbocycles. The maximum absolute atomic E-state index is 12.5. The van der Waals surface area contributed by atoms with Crippen LogP contribution in [0.1, 0.15) is 23.0 Å². The largest absolute Gasteiger partial charge is 0.417 e. The Labute approximate surface area is 106 Å². The number of hydrogen-bond acceptors (Lipinski definition) is 5.